The quantitative estimate of drug-likeness (QED) is 0.569. The molecule has 1 aromatic heterocycles. The molecule has 2 aromatic carbocycles. The lowest BCUT2D eigenvalue weighted by Gasteiger charge is -2.16. The van der Waals surface area contributed by atoms with Crippen molar-refractivity contribution in [1.82, 2.24) is 20.2 Å². The number of rotatable bonds is 6. The van der Waals surface area contributed by atoms with Gasteiger partial charge in [-0.3, -0.25) is 9.59 Å². The summed E-state index contributed by atoms with van der Waals surface area (Å²) in [7, 11) is 0. The van der Waals surface area contributed by atoms with E-state index < -0.39 is 0 Å². The summed E-state index contributed by atoms with van der Waals surface area (Å²) in [6, 6.07) is 13.6. The molecule has 30 heavy (non-hydrogen) atoms. The van der Waals surface area contributed by atoms with Crippen LogP contribution >= 0.6 is 0 Å². The van der Waals surface area contributed by atoms with Crippen molar-refractivity contribution in [3.05, 3.63) is 64.8 Å². The molecular weight excluding hydrogens is 380 g/mol. The zero-order valence-electron chi connectivity index (χ0n) is 16.6. The summed E-state index contributed by atoms with van der Waals surface area (Å²) in [5, 5.41) is 3.40. The third kappa shape index (κ3) is 4.08. The number of hydrogen-bond acceptors (Lipinski definition) is 6. The van der Waals surface area contributed by atoms with Crippen LogP contribution in [0.5, 0.6) is 0 Å². The largest absolute Gasteiger partial charge is 0.368 e. The number of carbonyl (C=O) groups excluding carboxylic acids is 2. The highest BCUT2D eigenvalue weighted by atomic mass is 16.2. The molecule has 0 bridgehead atoms. The van der Waals surface area contributed by atoms with Gasteiger partial charge in [0.05, 0.1) is 5.52 Å². The second-order valence-electron chi connectivity index (χ2n) is 7.35. The van der Waals surface area contributed by atoms with E-state index in [0.717, 1.165) is 16.7 Å². The van der Waals surface area contributed by atoms with Gasteiger partial charge in [-0.25, -0.2) is 9.97 Å². The molecule has 0 spiro atoms. The number of anilines is 1. The van der Waals surface area contributed by atoms with Gasteiger partial charge in [-0.1, -0.05) is 30.3 Å². The smallest absolute Gasteiger partial charge is 0.273 e. The molecule has 8 heteroatoms. The van der Waals surface area contributed by atoms with Crippen LogP contribution in [0.25, 0.3) is 10.9 Å². The Labute approximate surface area is 174 Å². The van der Waals surface area contributed by atoms with Crippen molar-refractivity contribution >= 4 is 28.7 Å². The number of amides is 2. The highest BCUT2D eigenvalue weighted by Gasteiger charge is 2.26. The number of nitrogen functional groups attached to an aromatic ring is 1. The van der Waals surface area contributed by atoms with E-state index in [2.05, 4.69) is 15.3 Å². The summed E-state index contributed by atoms with van der Waals surface area (Å²) < 4.78 is 0. The summed E-state index contributed by atoms with van der Waals surface area (Å²) in [5.74, 6) is -0.167. The molecule has 2 amide bonds. The number of fused-ring (bicyclic) bond motifs is 2. The molecule has 5 N–H and O–H groups in total. The van der Waals surface area contributed by atoms with E-state index in [1.165, 1.54) is 0 Å². The second-order valence-corrected chi connectivity index (χ2v) is 7.35. The van der Waals surface area contributed by atoms with Crippen LogP contribution in [0, 0.1) is 0 Å². The van der Waals surface area contributed by atoms with E-state index in [1.807, 2.05) is 42.5 Å². The Morgan fingerprint density at radius 1 is 1.07 bits per heavy atom. The number of aromatic nitrogens is 2. The fraction of sp³-hybridized carbons (Fsp3) is 0.273. The lowest BCUT2D eigenvalue weighted by molar-refractivity contribution is -0.121. The molecule has 1 aliphatic heterocycles. The van der Waals surface area contributed by atoms with Crippen LogP contribution in [0.2, 0.25) is 0 Å². The first-order chi connectivity index (χ1) is 14.5. The van der Waals surface area contributed by atoms with Gasteiger partial charge in [-0.05, 0) is 35.2 Å². The summed E-state index contributed by atoms with van der Waals surface area (Å²) in [5.41, 5.74) is 15.4. The Morgan fingerprint density at radius 2 is 1.80 bits per heavy atom. The monoisotopic (exact) mass is 404 g/mol. The van der Waals surface area contributed by atoms with Gasteiger partial charge in [0.2, 0.25) is 11.9 Å². The highest BCUT2D eigenvalue weighted by molar-refractivity contribution is 6.05. The minimum absolute atomic E-state index is 0.0553. The molecule has 0 atom stereocenters. The molecule has 2 heterocycles. The molecular formula is C22H24N6O2. The van der Waals surface area contributed by atoms with Crippen molar-refractivity contribution in [2.45, 2.75) is 25.9 Å². The normalized spacial score (nSPS) is 12.8. The first-order valence-corrected chi connectivity index (χ1v) is 9.94. The Balaban J connectivity index is 1.59. The maximum atomic E-state index is 13.3. The fourth-order valence-corrected chi connectivity index (χ4v) is 3.70. The average molecular weight is 404 g/mol. The molecule has 0 saturated carbocycles. The van der Waals surface area contributed by atoms with Crippen LogP contribution in [0.4, 0.5) is 5.95 Å². The average Bonchev–Trinajstić information content (AvgIpc) is 3.19. The van der Waals surface area contributed by atoms with Gasteiger partial charge in [-0.2, -0.15) is 0 Å². The maximum Gasteiger partial charge on any atom is 0.273 e. The first kappa shape index (κ1) is 19.8. The zero-order valence-corrected chi connectivity index (χ0v) is 16.6. The van der Waals surface area contributed by atoms with Gasteiger partial charge >= 0.3 is 0 Å². The number of aryl methyl sites for hydroxylation is 1. The Bertz CT molecular complexity index is 1090. The third-order valence-corrected chi connectivity index (χ3v) is 5.22. The number of nitrogens with one attached hydrogen (secondary N) is 1. The minimum Gasteiger partial charge on any atom is -0.368 e. The molecule has 1 aliphatic rings. The van der Waals surface area contributed by atoms with Crippen molar-refractivity contribution in [3.63, 3.8) is 0 Å². The van der Waals surface area contributed by atoms with Crippen LogP contribution in [0.1, 0.15) is 33.6 Å². The van der Waals surface area contributed by atoms with E-state index >= 15 is 0 Å². The van der Waals surface area contributed by atoms with Crippen LogP contribution in [-0.4, -0.2) is 39.8 Å². The Morgan fingerprint density at radius 3 is 2.50 bits per heavy atom. The Kier molecular flexibility index (Phi) is 5.58. The van der Waals surface area contributed by atoms with E-state index in [9.17, 15) is 9.59 Å². The SMILES string of the molecule is NCCNC(=O)CCc1ccc2nc(N)nc(C(=O)N3Cc4ccccc4C3)c2c1. The van der Waals surface area contributed by atoms with Crippen LogP contribution in [0.3, 0.4) is 0 Å². The topological polar surface area (TPSA) is 127 Å². The predicted molar refractivity (Wildman–Crippen MR) is 114 cm³/mol. The number of hydrogen-bond donors (Lipinski definition) is 3. The standard InChI is InChI=1S/C22H24N6O2/c23-9-10-25-19(29)8-6-14-5-7-18-17(11-14)20(27-22(24)26-18)21(30)28-12-15-3-1-2-4-16(15)13-28/h1-5,7,11H,6,8-10,12-13,23H2,(H,25,29)(H2,24,26,27). The van der Waals surface area contributed by atoms with E-state index in [1.54, 1.807) is 4.90 Å². The Hall–Kier alpha value is -3.52. The van der Waals surface area contributed by atoms with Crippen LogP contribution in [0.15, 0.2) is 42.5 Å². The fourth-order valence-electron chi connectivity index (χ4n) is 3.70. The summed E-state index contributed by atoms with van der Waals surface area (Å²) in [6.07, 6.45) is 0.881. The van der Waals surface area contributed by atoms with Crippen molar-refractivity contribution in [2.75, 3.05) is 18.8 Å². The molecule has 8 nitrogen and oxygen atoms in total. The number of nitrogens with zero attached hydrogens (tertiary/aromatic N) is 3. The zero-order chi connectivity index (χ0) is 21.1. The maximum absolute atomic E-state index is 13.3. The van der Waals surface area contributed by atoms with E-state index in [-0.39, 0.29) is 17.8 Å². The molecule has 0 unspecified atom stereocenters. The molecule has 3 aromatic rings. The molecule has 0 aliphatic carbocycles. The number of benzene rings is 2. The first-order valence-electron chi connectivity index (χ1n) is 9.94. The lowest BCUT2D eigenvalue weighted by Crippen LogP contribution is -2.29. The molecule has 4 rings (SSSR count). The number of carbonyl (C=O) groups is 2. The van der Waals surface area contributed by atoms with Gasteiger partial charge in [-0.15, -0.1) is 0 Å². The number of nitrogens with two attached hydrogens (primary N) is 2. The van der Waals surface area contributed by atoms with Crippen molar-refractivity contribution < 1.29 is 9.59 Å². The van der Waals surface area contributed by atoms with Gasteiger partial charge in [0.1, 0.15) is 5.69 Å². The summed E-state index contributed by atoms with van der Waals surface area (Å²) >= 11 is 0. The van der Waals surface area contributed by atoms with Crippen molar-refractivity contribution in [1.29, 1.82) is 0 Å². The molecule has 0 saturated heterocycles. The molecule has 0 fully saturated rings. The molecule has 154 valence electrons. The van der Waals surface area contributed by atoms with Gasteiger partial charge in [0.25, 0.3) is 5.91 Å². The minimum atomic E-state index is -0.178. The van der Waals surface area contributed by atoms with Crippen LogP contribution in [-0.2, 0) is 24.3 Å². The predicted octanol–water partition coefficient (Wildman–Crippen LogP) is 1.38. The van der Waals surface area contributed by atoms with Crippen LogP contribution < -0.4 is 16.8 Å². The van der Waals surface area contributed by atoms with Crippen molar-refractivity contribution in [2.24, 2.45) is 5.73 Å². The molecule has 0 radical (unpaired) electrons. The second kappa shape index (κ2) is 8.46. The van der Waals surface area contributed by atoms with Gasteiger partial charge in [0, 0.05) is 38.0 Å². The summed E-state index contributed by atoms with van der Waals surface area (Å²) in [4.78, 5) is 35.4. The van der Waals surface area contributed by atoms with Gasteiger partial charge in [0.15, 0.2) is 0 Å². The van der Waals surface area contributed by atoms with E-state index in [0.29, 0.717) is 55.6 Å². The van der Waals surface area contributed by atoms with Gasteiger partial charge < -0.3 is 21.7 Å². The third-order valence-electron chi connectivity index (χ3n) is 5.22. The van der Waals surface area contributed by atoms with E-state index in [4.69, 9.17) is 11.5 Å². The summed E-state index contributed by atoms with van der Waals surface area (Å²) in [6.45, 7) is 1.95. The highest BCUT2D eigenvalue weighted by Crippen LogP contribution is 2.26. The lowest BCUT2D eigenvalue weighted by atomic mass is 10.0. The van der Waals surface area contributed by atoms with Crippen molar-refractivity contribution in [3.8, 4) is 0 Å².